The van der Waals surface area contributed by atoms with Gasteiger partial charge in [0.15, 0.2) is 0 Å². The summed E-state index contributed by atoms with van der Waals surface area (Å²) >= 11 is 0. The topological polar surface area (TPSA) is 52.1 Å². The molecule has 0 amide bonds. The molecule has 4 aromatic carbocycles. The van der Waals surface area contributed by atoms with E-state index in [0.29, 0.717) is 19.4 Å². The molecular formula is C44H42N2O2. The number of carbonyl (C=O) groups excluding carboxylic acids is 1. The lowest BCUT2D eigenvalue weighted by atomic mass is 9.59. The lowest BCUT2D eigenvalue weighted by Gasteiger charge is -2.43. The Morgan fingerprint density at radius 1 is 0.646 bits per heavy atom. The Labute approximate surface area is 283 Å². The fraction of sp³-hybridized carbons (Fsp3) is 0.295. The maximum Gasteiger partial charge on any atom is 0.305 e. The van der Waals surface area contributed by atoms with Crippen LogP contribution >= 0.6 is 0 Å². The Morgan fingerprint density at radius 2 is 1.17 bits per heavy atom. The molecule has 2 aromatic heterocycles. The molecule has 4 nitrogen and oxygen atoms in total. The van der Waals surface area contributed by atoms with Crippen molar-refractivity contribution < 1.29 is 9.53 Å². The fourth-order valence-corrected chi connectivity index (χ4v) is 8.82. The summed E-state index contributed by atoms with van der Waals surface area (Å²) in [5.74, 6) is -0.147. The molecular weight excluding hydrogens is 588 g/mol. The molecule has 0 saturated carbocycles. The average Bonchev–Trinajstić information content (AvgIpc) is 3.49. The summed E-state index contributed by atoms with van der Waals surface area (Å²) in [5.41, 5.74) is 13.4. The molecule has 0 N–H and O–H groups in total. The number of carbonyl (C=O) groups is 1. The molecule has 0 aliphatic heterocycles. The Kier molecular flexibility index (Phi) is 7.43. The second-order valence-corrected chi connectivity index (χ2v) is 14.0. The Hall–Kier alpha value is -4.83. The minimum absolute atomic E-state index is 0.147. The van der Waals surface area contributed by atoms with Crippen LogP contribution < -0.4 is 0 Å². The highest BCUT2D eigenvalue weighted by Crippen LogP contribution is 2.62. The van der Waals surface area contributed by atoms with Crippen molar-refractivity contribution in [1.82, 2.24) is 9.97 Å². The second-order valence-electron chi connectivity index (χ2n) is 14.0. The highest BCUT2D eigenvalue weighted by Gasteiger charge is 2.53. The highest BCUT2D eigenvalue weighted by atomic mass is 16.5. The molecule has 2 aliphatic rings. The predicted molar refractivity (Wildman–Crippen MR) is 195 cm³/mol. The molecule has 6 aromatic rings. The van der Waals surface area contributed by atoms with Gasteiger partial charge in [-0.3, -0.25) is 4.79 Å². The van der Waals surface area contributed by atoms with Crippen LogP contribution in [0.5, 0.6) is 0 Å². The molecule has 8 rings (SSSR count). The van der Waals surface area contributed by atoms with Crippen LogP contribution in [0.25, 0.3) is 44.3 Å². The van der Waals surface area contributed by atoms with E-state index >= 15 is 0 Å². The predicted octanol–water partition coefficient (Wildman–Crippen LogP) is 10.6. The second kappa shape index (κ2) is 11.7. The first-order chi connectivity index (χ1) is 23.4. The van der Waals surface area contributed by atoms with Crippen molar-refractivity contribution in [2.75, 3.05) is 6.61 Å². The average molecular weight is 631 g/mol. The number of hydrogen-bond donors (Lipinski definition) is 0. The fourth-order valence-electron chi connectivity index (χ4n) is 8.82. The van der Waals surface area contributed by atoms with Crippen LogP contribution in [-0.4, -0.2) is 22.5 Å². The molecule has 0 bridgehead atoms. The van der Waals surface area contributed by atoms with Crippen LogP contribution in [0.4, 0.5) is 0 Å². The van der Waals surface area contributed by atoms with Crippen LogP contribution in [-0.2, 0) is 20.4 Å². The van der Waals surface area contributed by atoms with Crippen LogP contribution in [0.3, 0.4) is 0 Å². The van der Waals surface area contributed by atoms with Gasteiger partial charge in [0.25, 0.3) is 0 Å². The van der Waals surface area contributed by atoms with Gasteiger partial charge in [-0.25, -0.2) is 9.97 Å². The number of ether oxygens (including phenoxy) is 1. The van der Waals surface area contributed by atoms with E-state index < -0.39 is 5.41 Å². The zero-order chi connectivity index (χ0) is 33.0. The minimum Gasteiger partial charge on any atom is -0.466 e. The van der Waals surface area contributed by atoms with Crippen molar-refractivity contribution in [3.05, 3.63) is 130 Å². The van der Waals surface area contributed by atoms with Crippen molar-refractivity contribution >= 4 is 27.8 Å². The smallest absolute Gasteiger partial charge is 0.305 e. The molecule has 2 heterocycles. The lowest BCUT2D eigenvalue weighted by Crippen LogP contribution is -2.38. The van der Waals surface area contributed by atoms with E-state index in [1.807, 2.05) is 6.92 Å². The van der Waals surface area contributed by atoms with Crippen molar-refractivity contribution in [2.45, 2.75) is 77.0 Å². The summed E-state index contributed by atoms with van der Waals surface area (Å²) in [4.78, 5) is 24.0. The number of hydrogen-bond acceptors (Lipinski definition) is 4. The minimum atomic E-state index is -0.484. The van der Waals surface area contributed by atoms with Gasteiger partial charge in [-0.15, -0.1) is 0 Å². The molecule has 0 unspecified atom stereocenters. The van der Waals surface area contributed by atoms with Crippen LogP contribution in [0.15, 0.2) is 97.1 Å². The molecule has 2 aliphatic carbocycles. The van der Waals surface area contributed by atoms with Gasteiger partial charge in [0.05, 0.1) is 29.0 Å². The first kappa shape index (κ1) is 30.5. The zero-order valence-electron chi connectivity index (χ0n) is 28.4. The van der Waals surface area contributed by atoms with E-state index in [1.54, 1.807) is 0 Å². The summed E-state index contributed by atoms with van der Waals surface area (Å²) in [6, 6.07) is 35.5. The lowest BCUT2D eigenvalue weighted by molar-refractivity contribution is -0.143. The van der Waals surface area contributed by atoms with Crippen molar-refractivity contribution in [1.29, 1.82) is 0 Å². The third kappa shape index (κ3) is 4.68. The first-order valence-electron chi connectivity index (χ1n) is 17.6. The van der Waals surface area contributed by atoms with Gasteiger partial charge >= 0.3 is 5.97 Å². The molecule has 0 saturated heterocycles. The number of rotatable bonds is 9. The largest absolute Gasteiger partial charge is 0.466 e. The number of benzene rings is 4. The maximum atomic E-state index is 13.3. The standard InChI is InChI=1S/C44H42N2O2/c1-5-7-21-43(34-23-28(3)16-18-32(34)41-36(43)25-30-12-8-10-14-38(30)45-41)27-44(22-20-40(47)48-6-2)35-24-29(4)17-19-33(35)42-37(44)26-31-13-9-11-15-39(31)46-42/h8-19,23-26H,5-7,20-22,27H2,1-4H3/t43-,44+/m1/s1. The van der Waals surface area contributed by atoms with E-state index in [2.05, 4.69) is 118 Å². The summed E-state index contributed by atoms with van der Waals surface area (Å²) in [7, 11) is 0. The summed E-state index contributed by atoms with van der Waals surface area (Å²) in [6.45, 7) is 8.93. The molecule has 2 atom stereocenters. The number of nitrogens with zero attached hydrogens (tertiary/aromatic N) is 2. The van der Waals surface area contributed by atoms with Crippen molar-refractivity contribution in [2.24, 2.45) is 0 Å². The van der Waals surface area contributed by atoms with Crippen molar-refractivity contribution in [3.63, 3.8) is 0 Å². The third-order valence-corrected chi connectivity index (χ3v) is 11.0. The molecule has 0 fully saturated rings. The number of unbranched alkanes of at least 4 members (excludes halogenated alkanes) is 1. The Morgan fingerprint density at radius 3 is 1.69 bits per heavy atom. The van der Waals surface area contributed by atoms with E-state index in [1.165, 1.54) is 44.5 Å². The number of para-hydroxylation sites is 2. The van der Waals surface area contributed by atoms with Gasteiger partial charge in [-0.1, -0.05) is 104 Å². The SMILES string of the molecule is CCCC[C@@]1(C[C@@]2(CCC(=O)OCC)c3cc(C)ccc3-c3nc4ccccc4cc32)c2cc(C)ccc2-c2nc3ccccc3cc21. The molecule has 0 radical (unpaired) electrons. The van der Waals surface area contributed by atoms with Gasteiger partial charge in [0.1, 0.15) is 0 Å². The number of aryl methyl sites for hydroxylation is 2. The van der Waals surface area contributed by atoms with E-state index in [4.69, 9.17) is 14.7 Å². The monoisotopic (exact) mass is 630 g/mol. The van der Waals surface area contributed by atoms with Crippen LogP contribution in [0, 0.1) is 13.8 Å². The van der Waals surface area contributed by atoms with Crippen LogP contribution in [0.2, 0.25) is 0 Å². The molecule has 240 valence electrons. The van der Waals surface area contributed by atoms with Gasteiger partial charge in [-0.2, -0.15) is 0 Å². The summed E-state index contributed by atoms with van der Waals surface area (Å²) < 4.78 is 5.59. The Balaban J connectivity index is 1.45. The molecule has 48 heavy (non-hydrogen) atoms. The van der Waals surface area contributed by atoms with E-state index in [-0.39, 0.29) is 11.4 Å². The first-order valence-corrected chi connectivity index (χ1v) is 17.6. The number of fused-ring (bicyclic) bond motifs is 8. The molecule has 0 spiro atoms. The van der Waals surface area contributed by atoms with E-state index in [9.17, 15) is 4.79 Å². The van der Waals surface area contributed by atoms with Gasteiger partial charge in [0, 0.05) is 39.2 Å². The normalized spacial score (nSPS) is 18.8. The molecule has 4 heteroatoms. The number of esters is 1. The van der Waals surface area contributed by atoms with E-state index in [0.717, 1.165) is 58.9 Å². The van der Waals surface area contributed by atoms with Gasteiger partial charge in [0.2, 0.25) is 0 Å². The summed E-state index contributed by atoms with van der Waals surface area (Å²) in [6.07, 6.45) is 4.95. The third-order valence-electron chi connectivity index (χ3n) is 11.0. The summed E-state index contributed by atoms with van der Waals surface area (Å²) in [5, 5.41) is 2.29. The zero-order valence-corrected chi connectivity index (χ0v) is 28.4. The maximum absolute atomic E-state index is 13.3. The number of aromatic nitrogens is 2. The van der Waals surface area contributed by atoms with Gasteiger partial charge < -0.3 is 4.74 Å². The number of pyridine rings is 2. The van der Waals surface area contributed by atoms with Crippen molar-refractivity contribution in [3.8, 4) is 22.5 Å². The van der Waals surface area contributed by atoms with Gasteiger partial charge in [-0.05, 0) is 86.6 Å². The quantitative estimate of drug-likeness (QED) is 0.149. The van der Waals surface area contributed by atoms with Crippen LogP contribution in [0.1, 0.15) is 85.8 Å². The Bertz CT molecular complexity index is 2240. The highest BCUT2D eigenvalue weighted by molar-refractivity contribution is 5.91.